The molecule has 0 atom stereocenters. The van der Waals surface area contributed by atoms with Gasteiger partial charge in [-0.25, -0.2) is 4.79 Å². The quantitative estimate of drug-likeness (QED) is 0.481. The molecule has 0 aliphatic heterocycles. The molecule has 0 spiro atoms. The lowest BCUT2D eigenvalue weighted by Gasteiger charge is -2.09. The summed E-state index contributed by atoms with van der Waals surface area (Å²) in [6.45, 7) is 0. The van der Waals surface area contributed by atoms with Crippen LogP contribution in [0.4, 0.5) is 16.3 Å². The zero-order valence-electron chi connectivity index (χ0n) is 12.5. The lowest BCUT2D eigenvalue weighted by molar-refractivity contribution is 0.262. The SMILES string of the molecule is O=C(Nc1cccc2ccccc12)Nc1n[nH]c2cc(Cl)ccc12. The number of urea groups is 1. The fourth-order valence-electron chi connectivity index (χ4n) is 2.68. The molecular formula is C18H13ClN4O. The van der Waals surface area contributed by atoms with Gasteiger partial charge in [0.05, 0.1) is 11.2 Å². The number of benzene rings is 3. The van der Waals surface area contributed by atoms with Crippen molar-refractivity contribution in [3.05, 3.63) is 65.7 Å². The predicted molar refractivity (Wildman–Crippen MR) is 97.7 cm³/mol. The number of aromatic amines is 1. The second-order valence-electron chi connectivity index (χ2n) is 5.37. The van der Waals surface area contributed by atoms with Crippen LogP contribution in [0.1, 0.15) is 0 Å². The maximum Gasteiger partial charge on any atom is 0.324 e. The second-order valence-corrected chi connectivity index (χ2v) is 5.80. The lowest BCUT2D eigenvalue weighted by Crippen LogP contribution is -2.19. The van der Waals surface area contributed by atoms with E-state index in [1.54, 1.807) is 12.1 Å². The number of fused-ring (bicyclic) bond motifs is 2. The Labute approximate surface area is 142 Å². The third-order valence-electron chi connectivity index (χ3n) is 3.79. The number of hydrogen-bond acceptors (Lipinski definition) is 2. The first-order valence-electron chi connectivity index (χ1n) is 7.40. The van der Waals surface area contributed by atoms with Crippen molar-refractivity contribution in [2.45, 2.75) is 0 Å². The molecule has 0 aliphatic rings. The van der Waals surface area contributed by atoms with E-state index in [9.17, 15) is 4.79 Å². The van der Waals surface area contributed by atoms with Gasteiger partial charge in [-0.2, -0.15) is 5.10 Å². The average molecular weight is 337 g/mol. The Morgan fingerprint density at radius 1 is 0.958 bits per heavy atom. The molecule has 2 amide bonds. The first-order chi connectivity index (χ1) is 11.7. The van der Waals surface area contributed by atoms with Gasteiger partial charge in [0.1, 0.15) is 0 Å². The van der Waals surface area contributed by atoms with Gasteiger partial charge in [0.25, 0.3) is 0 Å². The van der Waals surface area contributed by atoms with Crippen LogP contribution in [-0.2, 0) is 0 Å². The van der Waals surface area contributed by atoms with Gasteiger partial charge in [-0.3, -0.25) is 10.4 Å². The molecule has 0 bridgehead atoms. The van der Waals surface area contributed by atoms with Crippen LogP contribution in [0, 0.1) is 0 Å². The number of halogens is 1. The molecule has 1 heterocycles. The summed E-state index contributed by atoms with van der Waals surface area (Å²) in [6.07, 6.45) is 0. The van der Waals surface area contributed by atoms with Gasteiger partial charge in [0.2, 0.25) is 0 Å². The molecule has 3 N–H and O–H groups in total. The summed E-state index contributed by atoms with van der Waals surface area (Å²) in [6, 6.07) is 18.6. The second kappa shape index (κ2) is 5.86. The van der Waals surface area contributed by atoms with Gasteiger partial charge >= 0.3 is 6.03 Å². The molecule has 3 aromatic carbocycles. The van der Waals surface area contributed by atoms with Crippen molar-refractivity contribution >= 4 is 50.8 Å². The van der Waals surface area contributed by atoms with Crippen LogP contribution in [-0.4, -0.2) is 16.2 Å². The van der Waals surface area contributed by atoms with Crippen LogP contribution in [0.25, 0.3) is 21.7 Å². The normalized spacial score (nSPS) is 10.9. The lowest BCUT2D eigenvalue weighted by atomic mass is 10.1. The number of amides is 2. The van der Waals surface area contributed by atoms with Crippen LogP contribution < -0.4 is 10.6 Å². The Morgan fingerprint density at radius 3 is 2.71 bits per heavy atom. The Balaban J connectivity index is 1.60. The zero-order chi connectivity index (χ0) is 16.5. The number of nitrogens with zero attached hydrogens (tertiary/aromatic N) is 1. The van der Waals surface area contributed by atoms with Crippen molar-refractivity contribution in [2.24, 2.45) is 0 Å². The predicted octanol–water partition coefficient (Wildman–Crippen LogP) is 5.01. The third-order valence-corrected chi connectivity index (χ3v) is 4.03. The van der Waals surface area contributed by atoms with E-state index in [2.05, 4.69) is 20.8 Å². The van der Waals surface area contributed by atoms with Gasteiger partial charge in [-0.05, 0) is 29.7 Å². The smallest absolute Gasteiger partial charge is 0.307 e. The molecule has 5 nitrogen and oxygen atoms in total. The number of carbonyl (C=O) groups excluding carboxylic acids is 1. The molecule has 6 heteroatoms. The molecule has 0 saturated carbocycles. The summed E-state index contributed by atoms with van der Waals surface area (Å²) in [7, 11) is 0. The highest BCUT2D eigenvalue weighted by Crippen LogP contribution is 2.25. The van der Waals surface area contributed by atoms with E-state index in [1.165, 1.54) is 0 Å². The first kappa shape index (κ1) is 14.5. The maximum absolute atomic E-state index is 12.3. The summed E-state index contributed by atoms with van der Waals surface area (Å²) in [5.74, 6) is 0.458. The first-order valence-corrected chi connectivity index (χ1v) is 7.78. The maximum atomic E-state index is 12.3. The minimum Gasteiger partial charge on any atom is -0.307 e. The minimum atomic E-state index is -0.352. The Morgan fingerprint density at radius 2 is 1.79 bits per heavy atom. The molecular weight excluding hydrogens is 324 g/mol. The van der Waals surface area contributed by atoms with Gasteiger partial charge in [0, 0.05) is 15.8 Å². The minimum absolute atomic E-state index is 0.352. The van der Waals surface area contributed by atoms with E-state index in [0.717, 1.165) is 27.4 Å². The zero-order valence-corrected chi connectivity index (χ0v) is 13.3. The van der Waals surface area contributed by atoms with Crippen LogP contribution in [0.15, 0.2) is 60.7 Å². The molecule has 0 saturated heterocycles. The van der Waals surface area contributed by atoms with Gasteiger partial charge in [-0.1, -0.05) is 48.0 Å². The Bertz CT molecular complexity index is 1050. The van der Waals surface area contributed by atoms with E-state index in [0.29, 0.717) is 10.8 Å². The number of hydrogen-bond donors (Lipinski definition) is 3. The molecule has 0 aliphatic carbocycles. The molecule has 4 rings (SSSR count). The van der Waals surface area contributed by atoms with Crippen LogP contribution in [0.5, 0.6) is 0 Å². The number of H-pyrrole nitrogens is 1. The average Bonchev–Trinajstić information content (AvgIpc) is 2.97. The van der Waals surface area contributed by atoms with Crippen LogP contribution in [0.2, 0.25) is 5.02 Å². The number of rotatable bonds is 2. The summed E-state index contributed by atoms with van der Waals surface area (Å²) < 4.78 is 0. The standard InChI is InChI=1S/C18H13ClN4O/c19-12-8-9-14-16(10-12)22-23-17(14)21-18(24)20-15-7-3-5-11-4-1-2-6-13(11)15/h1-10H,(H3,20,21,22,23,24). The molecule has 0 fully saturated rings. The van der Waals surface area contributed by atoms with Crippen LogP contribution in [0.3, 0.4) is 0 Å². The van der Waals surface area contributed by atoms with E-state index in [1.807, 2.05) is 48.5 Å². The van der Waals surface area contributed by atoms with Crippen molar-refractivity contribution in [2.75, 3.05) is 10.6 Å². The van der Waals surface area contributed by atoms with Gasteiger partial charge in [-0.15, -0.1) is 0 Å². The summed E-state index contributed by atoms with van der Waals surface area (Å²) >= 11 is 5.95. The van der Waals surface area contributed by atoms with Gasteiger partial charge < -0.3 is 5.32 Å². The van der Waals surface area contributed by atoms with Gasteiger partial charge in [0.15, 0.2) is 5.82 Å². The highest BCUT2D eigenvalue weighted by Gasteiger charge is 2.10. The van der Waals surface area contributed by atoms with E-state index in [-0.39, 0.29) is 6.03 Å². The number of carbonyl (C=O) groups is 1. The topological polar surface area (TPSA) is 69.8 Å². The molecule has 0 radical (unpaired) electrons. The highest BCUT2D eigenvalue weighted by molar-refractivity contribution is 6.31. The molecule has 4 aromatic rings. The molecule has 118 valence electrons. The molecule has 24 heavy (non-hydrogen) atoms. The molecule has 0 unspecified atom stereocenters. The highest BCUT2D eigenvalue weighted by atomic mass is 35.5. The number of nitrogens with one attached hydrogen (secondary N) is 3. The third kappa shape index (κ3) is 2.66. The van der Waals surface area contributed by atoms with Crippen molar-refractivity contribution < 1.29 is 4.79 Å². The summed E-state index contributed by atoms with van der Waals surface area (Å²) in [5.41, 5.74) is 1.51. The Hall–Kier alpha value is -3.05. The Kier molecular flexibility index (Phi) is 3.55. The van der Waals surface area contributed by atoms with Crippen LogP contribution >= 0.6 is 11.6 Å². The summed E-state index contributed by atoms with van der Waals surface area (Å²) in [5, 5.41) is 16.1. The molecule has 1 aromatic heterocycles. The van der Waals surface area contributed by atoms with Crippen molar-refractivity contribution in [3.8, 4) is 0 Å². The van der Waals surface area contributed by atoms with Crippen molar-refractivity contribution in [1.29, 1.82) is 0 Å². The summed E-state index contributed by atoms with van der Waals surface area (Å²) in [4.78, 5) is 12.3. The van der Waals surface area contributed by atoms with E-state index in [4.69, 9.17) is 11.6 Å². The fraction of sp³-hybridized carbons (Fsp3) is 0. The monoisotopic (exact) mass is 336 g/mol. The largest absolute Gasteiger partial charge is 0.324 e. The fourth-order valence-corrected chi connectivity index (χ4v) is 2.85. The van der Waals surface area contributed by atoms with E-state index >= 15 is 0 Å². The van der Waals surface area contributed by atoms with Crippen molar-refractivity contribution in [3.63, 3.8) is 0 Å². The van der Waals surface area contributed by atoms with E-state index < -0.39 is 0 Å². The number of aromatic nitrogens is 2. The van der Waals surface area contributed by atoms with Crippen molar-refractivity contribution in [1.82, 2.24) is 10.2 Å². The number of anilines is 2.